The van der Waals surface area contributed by atoms with Gasteiger partial charge >= 0.3 is 0 Å². The first-order valence-electron chi connectivity index (χ1n) is 8.68. The SMILES string of the molecule is COCCN(C)CCCC(C(C)C)N1CCC2(CNC2)C1. The highest BCUT2D eigenvalue weighted by Gasteiger charge is 2.44. The van der Waals surface area contributed by atoms with Crippen LogP contribution in [0.4, 0.5) is 0 Å². The molecule has 21 heavy (non-hydrogen) atoms. The smallest absolute Gasteiger partial charge is 0.0589 e. The summed E-state index contributed by atoms with van der Waals surface area (Å²) in [6, 6.07) is 0.765. The monoisotopic (exact) mass is 297 g/mol. The Morgan fingerprint density at radius 3 is 2.57 bits per heavy atom. The largest absolute Gasteiger partial charge is 0.383 e. The second kappa shape index (κ2) is 7.91. The van der Waals surface area contributed by atoms with Crippen molar-refractivity contribution in [3.05, 3.63) is 0 Å². The van der Waals surface area contributed by atoms with Crippen molar-refractivity contribution in [2.45, 2.75) is 39.2 Å². The zero-order chi connectivity index (χ0) is 15.3. The third-order valence-corrected chi connectivity index (χ3v) is 5.42. The lowest BCUT2D eigenvalue weighted by atomic mass is 9.81. The van der Waals surface area contributed by atoms with Crippen molar-refractivity contribution in [1.82, 2.24) is 15.1 Å². The Morgan fingerprint density at radius 2 is 2.05 bits per heavy atom. The van der Waals surface area contributed by atoms with Crippen LogP contribution >= 0.6 is 0 Å². The van der Waals surface area contributed by atoms with Crippen LogP contribution in [0.15, 0.2) is 0 Å². The molecule has 0 saturated carbocycles. The van der Waals surface area contributed by atoms with Crippen LogP contribution in [0.5, 0.6) is 0 Å². The molecular formula is C17H35N3O. The molecule has 1 N–H and O–H groups in total. The third-order valence-electron chi connectivity index (χ3n) is 5.42. The molecule has 2 fully saturated rings. The highest BCUT2D eigenvalue weighted by Crippen LogP contribution is 2.36. The fourth-order valence-electron chi connectivity index (χ4n) is 3.89. The van der Waals surface area contributed by atoms with Gasteiger partial charge in [0.25, 0.3) is 0 Å². The number of hydrogen-bond donors (Lipinski definition) is 1. The Morgan fingerprint density at radius 1 is 1.29 bits per heavy atom. The summed E-state index contributed by atoms with van der Waals surface area (Å²) in [5.41, 5.74) is 0.627. The van der Waals surface area contributed by atoms with Gasteiger partial charge in [0, 0.05) is 44.7 Å². The summed E-state index contributed by atoms with van der Waals surface area (Å²) in [5.74, 6) is 0.762. The van der Waals surface area contributed by atoms with Gasteiger partial charge in [-0.1, -0.05) is 13.8 Å². The van der Waals surface area contributed by atoms with Crippen molar-refractivity contribution >= 4 is 0 Å². The van der Waals surface area contributed by atoms with Crippen molar-refractivity contribution in [2.24, 2.45) is 11.3 Å². The summed E-state index contributed by atoms with van der Waals surface area (Å²) >= 11 is 0. The topological polar surface area (TPSA) is 27.7 Å². The van der Waals surface area contributed by atoms with Crippen LogP contribution < -0.4 is 5.32 Å². The minimum atomic E-state index is 0.627. The van der Waals surface area contributed by atoms with Crippen molar-refractivity contribution < 1.29 is 4.74 Å². The highest BCUT2D eigenvalue weighted by atomic mass is 16.5. The van der Waals surface area contributed by atoms with Crippen LogP contribution in [0.1, 0.15) is 33.1 Å². The number of likely N-dealkylation sites (N-methyl/N-ethyl adjacent to an activating group) is 1. The van der Waals surface area contributed by atoms with E-state index in [1.807, 2.05) is 0 Å². The molecule has 2 heterocycles. The normalized spacial score (nSPS) is 23.1. The molecule has 2 saturated heterocycles. The predicted molar refractivity (Wildman–Crippen MR) is 88.7 cm³/mol. The highest BCUT2D eigenvalue weighted by molar-refractivity contribution is 5.01. The maximum absolute atomic E-state index is 5.15. The van der Waals surface area contributed by atoms with E-state index < -0.39 is 0 Å². The second-order valence-corrected chi connectivity index (χ2v) is 7.57. The molecule has 2 aliphatic heterocycles. The van der Waals surface area contributed by atoms with Gasteiger partial charge in [0.15, 0.2) is 0 Å². The molecule has 4 nitrogen and oxygen atoms in total. The summed E-state index contributed by atoms with van der Waals surface area (Å²) in [6.07, 6.45) is 4.03. The summed E-state index contributed by atoms with van der Waals surface area (Å²) in [6.45, 7) is 13.0. The van der Waals surface area contributed by atoms with E-state index in [-0.39, 0.29) is 0 Å². The molecule has 2 rings (SSSR count). The van der Waals surface area contributed by atoms with Gasteiger partial charge in [0.2, 0.25) is 0 Å². The zero-order valence-electron chi connectivity index (χ0n) is 14.5. The summed E-state index contributed by atoms with van der Waals surface area (Å²) in [4.78, 5) is 5.17. The van der Waals surface area contributed by atoms with E-state index in [0.717, 1.165) is 25.1 Å². The van der Waals surface area contributed by atoms with Crippen molar-refractivity contribution in [3.63, 3.8) is 0 Å². The van der Waals surface area contributed by atoms with Crippen LogP contribution in [0.25, 0.3) is 0 Å². The van der Waals surface area contributed by atoms with E-state index in [9.17, 15) is 0 Å². The minimum absolute atomic E-state index is 0.627. The van der Waals surface area contributed by atoms with Crippen LogP contribution in [0.2, 0.25) is 0 Å². The lowest BCUT2D eigenvalue weighted by Gasteiger charge is -2.41. The molecule has 0 aliphatic carbocycles. The zero-order valence-corrected chi connectivity index (χ0v) is 14.5. The van der Waals surface area contributed by atoms with E-state index in [1.165, 1.54) is 52.0 Å². The average molecular weight is 297 g/mol. The number of hydrogen-bond acceptors (Lipinski definition) is 4. The van der Waals surface area contributed by atoms with Crippen molar-refractivity contribution in [1.29, 1.82) is 0 Å². The Hall–Kier alpha value is -0.160. The molecule has 4 heteroatoms. The number of nitrogens with zero attached hydrogens (tertiary/aromatic N) is 2. The van der Waals surface area contributed by atoms with Crippen molar-refractivity contribution in [2.75, 3.05) is 60.0 Å². The molecule has 1 atom stereocenters. The van der Waals surface area contributed by atoms with E-state index >= 15 is 0 Å². The number of nitrogens with one attached hydrogen (secondary N) is 1. The molecule has 0 bridgehead atoms. The fraction of sp³-hybridized carbons (Fsp3) is 1.00. The van der Waals surface area contributed by atoms with Crippen LogP contribution in [0.3, 0.4) is 0 Å². The molecule has 0 aromatic carbocycles. The lowest BCUT2D eigenvalue weighted by molar-refractivity contribution is 0.119. The predicted octanol–water partition coefficient (Wildman–Crippen LogP) is 1.66. The molecule has 0 amide bonds. The van der Waals surface area contributed by atoms with Gasteiger partial charge in [0.05, 0.1) is 6.61 Å². The molecule has 2 aliphatic rings. The summed E-state index contributed by atoms with van der Waals surface area (Å²) < 4.78 is 5.15. The average Bonchev–Trinajstić information content (AvgIpc) is 2.86. The van der Waals surface area contributed by atoms with E-state index in [0.29, 0.717) is 5.41 Å². The van der Waals surface area contributed by atoms with Crippen LogP contribution in [-0.2, 0) is 4.74 Å². The first-order valence-corrected chi connectivity index (χ1v) is 8.68. The maximum Gasteiger partial charge on any atom is 0.0589 e. The minimum Gasteiger partial charge on any atom is -0.383 e. The number of methoxy groups -OCH3 is 1. The Balaban J connectivity index is 1.72. The fourth-order valence-corrected chi connectivity index (χ4v) is 3.89. The van der Waals surface area contributed by atoms with Gasteiger partial charge in [-0.3, -0.25) is 4.90 Å². The standard InChI is InChI=1S/C17H35N3O/c1-15(2)16(6-5-8-19(3)10-11-21-4)20-9-7-17(14-20)12-18-13-17/h15-16,18H,5-14H2,1-4H3. The first-order chi connectivity index (χ1) is 10.1. The molecule has 0 aromatic heterocycles. The molecule has 1 unspecified atom stereocenters. The third kappa shape index (κ3) is 4.65. The van der Waals surface area contributed by atoms with Gasteiger partial charge in [-0.2, -0.15) is 0 Å². The van der Waals surface area contributed by atoms with E-state index in [4.69, 9.17) is 4.74 Å². The quantitative estimate of drug-likeness (QED) is 0.700. The molecule has 124 valence electrons. The Kier molecular flexibility index (Phi) is 6.48. The summed E-state index contributed by atoms with van der Waals surface area (Å²) in [7, 11) is 3.98. The van der Waals surface area contributed by atoms with E-state index in [1.54, 1.807) is 7.11 Å². The maximum atomic E-state index is 5.15. The summed E-state index contributed by atoms with van der Waals surface area (Å²) in [5, 5.41) is 3.47. The van der Waals surface area contributed by atoms with Gasteiger partial charge < -0.3 is 15.0 Å². The van der Waals surface area contributed by atoms with Gasteiger partial charge in [-0.05, 0) is 45.3 Å². The van der Waals surface area contributed by atoms with Crippen molar-refractivity contribution in [3.8, 4) is 0 Å². The van der Waals surface area contributed by atoms with Gasteiger partial charge in [-0.15, -0.1) is 0 Å². The number of ether oxygens (including phenoxy) is 1. The first kappa shape index (κ1) is 17.2. The lowest BCUT2D eigenvalue weighted by Crippen LogP contribution is -2.55. The Labute approximate surface area is 131 Å². The second-order valence-electron chi connectivity index (χ2n) is 7.57. The van der Waals surface area contributed by atoms with Gasteiger partial charge in [0.1, 0.15) is 0 Å². The molecule has 0 radical (unpaired) electrons. The Bertz CT molecular complexity index is 304. The number of rotatable bonds is 9. The molecular weight excluding hydrogens is 262 g/mol. The van der Waals surface area contributed by atoms with Crippen LogP contribution in [0, 0.1) is 11.3 Å². The molecule has 1 spiro atoms. The van der Waals surface area contributed by atoms with Crippen LogP contribution in [-0.4, -0.2) is 75.9 Å². The van der Waals surface area contributed by atoms with Gasteiger partial charge in [-0.25, -0.2) is 0 Å². The molecule has 0 aromatic rings. The van der Waals surface area contributed by atoms with E-state index in [2.05, 4.69) is 36.0 Å². The number of likely N-dealkylation sites (tertiary alicyclic amines) is 1.